The van der Waals surface area contributed by atoms with Crippen LogP contribution in [0.25, 0.3) is 0 Å². The van der Waals surface area contributed by atoms with Crippen molar-refractivity contribution in [2.45, 2.75) is 33.6 Å². The van der Waals surface area contributed by atoms with E-state index in [4.69, 9.17) is 4.74 Å². The van der Waals surface area contributed by atoms with Crippen LogP contribution in [0.5, 0.6) is 0 Å². The summed E-state index contributed by atoms with van der Waals surface area (Å²) in [7, 11) is 0. The summed E-state index contributed by atoms with van der Waals surface area (Å²) in [5.74, 6) is 0.710. The van der Waals surface area contributed by atoms with E-state index in [0.717, 1.165) is 25.7 Å². The van der Waals surface area contributed by atoms with Crippen LogP contribution in [-0.2, 0) is 4.74 Å². The third kappa shape index (κ3) is 3.90. The smallest absolute Gasteiger partial charge is 0.266 e. The molecule has 1 saturated heterocycles. The molecule has 1 rings (SSSR count). The van der Waals surface area contributed by atoms with E-state index in [2.05, 4.69) is 20.8 Å². The highest BCUT2D eigenvalue weighted by molar-refractivity contribution is 4.91. The van der Waals surface area contributed by atoms with Gasteiger partial charge in [0.15, 0.2) is 0 Å². The first-order chi connectivity index (χ1) is 6.91. The van der Waals surface area contributed by atoms with Crippen molar-refractivity contribution in [2.75, 3.05) is 13.2 Å². The first-order valence-electron chi connectivity index (χ1n) is 5.50. The zero-order valence-electron chi connectivity index (χ0n) is 9.72. The maximum absolute atomic E-state index is 12.1. The van der Waals surface area contributed by atoms with Gasteiger partial charge in [-0.2, -0.15) is 8.78 Å². The summed E-state index contributed by atoms with van der Waals surface area (Å²) in [6.07, 6.45) is 0.945. The molecule has 1 nitrogen and oxygen atoms in total. The van der Waals surface area contributed by atoms with Gasteiger partial charge >= 0.3 is 0 Å². The SMILES string of the molecule is CC(C)(C)C(CC=C(F)F)C1CCOC1. The Balaban J connectivity index is 2.64. The minimum Gasteiger partial charge on any atom is -0.381 e. The molecule has 1 fully saturated rings. The van der Waals surface area contributed by atoms with Crippen molar-refractivity contribution in [3.63, 3.8) is 0 Å². The molecule has 0 aromatic heterocycles. The van der Waals surface area contributed by atoms with Crippen LogP contribution in [0.15, 0.2) is 12.2 Å². The minimum atomic E-state index is -1.57. The molecule has 0 saturated carbocycles. The molecule has 0 aliphatic carbocycles. The van der Waals surface area contributed by atoms with Gasteiger partial charge < -0.3 is 4.74 Å². The highest BCUT2D eigenvalue weighted by Crippen LogP contribution is 2.39. The fourth-order valence-corrected chi connectivity index (χ4v) is 2.34. The second kappa shape index (κ2) is 5.06. The first-order valence-corrected chi connectivity index (χ1v) is 5.50. The molecule has 0 N–H and O–H groups in total. The van der Waals surface area contributed by atoms with Crippen molar-refractivity contribution >= 4 is 0 Å². The predicted octanol–water partition coefficient (Wildman–Crippen LogP) is 3.86. The molecule has 1 heterocycles. The van der Waals surface area contributed by atoms with E-state index < -0.39 is 6.08 Å². The van der Waals surface area contributed by atoms with Gasteiger partial charge in [0.05, 0.1) is 0 Å². The van der Waals surface area contributed by atoms with Crippen LogP contribution < -0.4 is 0 Å². The molecule has 0 aromatic carbocycles. The fourth-order valence-electron chi connectivity index (χ4n) is 2.34. The van der Waals surface area contributed by atoms with Gasteiger partial charge in [-0.1, -0.05) is 20.8 Å². The van der Waals surface area contributed by atoms with Gasteiger partial charge in [0.1, 0.15) is 0 Å². The van der Waals surface area contributed by atoms with Gasteiger partial charge in [-0.25, -0.2) is 0 Å². The zero-order valence-corrected chi connectivity index (χ0v) is 9.72. The highest BCUT2D eigenvalue weighted by Gasteiger charge is 2.33. The predicted molar refractivity (Wildman–Crippen MR) is 56.8 cm³/mol. The van der Waals surface area contributed by atoms with E-state index in [0.29, 0.717) is 12.3 Å². The van der Waals surface area contributed by atoms with Crippen molar-refractivity contribution in [1.82, 2.24) is 0 Å². The van der Waals surface area contributed by atoms with E-state index >= 15 is 0 Å². The normalized spacial score (nSPS) is 23.9. The summed E-state index contributed by atoms with van der Waals surface area (Å²) < 4.78 is 29.5. The van der Waals surface area contributed by atoms with Crippen molar-refractivity contribution in [2.24, 2.45) is 17.3 Å². The number of rotatable bonds is 3. The Kier molecular flexibility index (Phi) is 4.26. The molecular formula is C12H20F2O. The van der Waals surface area contributed by atoms with E-state index in [1.807, 2.05) is 0 Å². The number of hydrogen-bond donors (Lipinski definition) is 0. The van der Waals surface area contributed by atoms with Crippen LogP contribution in [0.3, 0.4) is 0 Å². The summed E-state index contributed by atoms with van der Waals surface area (Å²) in [6, 6.07) is 0. The van der Waals surface area contributed by atoms with Gasteiger partial charge in [-0.15, -0.1) is 0 Å². The Bertz CT molecular complexity index is 220. The average molecular weight is 218 g/mol. The third-order valence-corrected chi connectivity index (χ3v) is 3.17. The lowest BCUT2D eigenvalue weighted by Crippen LogP contribution is -2.28. The quantitative estimate of drug-likeness (QED) is 0.699. The summed E-state index contributed by atoms with van der Waals surface area (Å²) in [6.45, 7) is 7.84. The molecule has 15 heavy (non-hydrogen) atoms. The number of hydrogen-bond acceptors (Lipinski definition) is 1. The molecule has 0 bridgehead atoms. The third-order valence-electron chi connectivity index (χ3n) is 3.17. The van der Waals surface area contributed by atoms with Crippen LogP contribution in [0, 0.1) is 17.3 Å². The molecule has 0 radical (unpaired) electrons. The second-order valence-electron chi connectivity index (χ2n) is 5.33. The average Bonchev–Trinajstić information content (AvgIpc) is 2.54. The number of halogens is 2. The van der Waals surface area contributed by atoms with Crippen LogP contribution in [-0.4, -0.2) is 13.2 Å². The molecule has 1 aliphatic rings. The Labute approximate surface area is 90.5 Å². The molecule has 2 unspecified atom stereocenters. The standard InChI is InChI=1S/C12H20F2O/c1-12(2,3)10(4-5-11(13)14)9-6-7-15-8-9/h5,9-10H,4,6-8H2,1-3H3. The maximum atomic E-state index is 12.1. The summed E-state index contributed by atoms with van der Waals surface area (Å²) in [5, 5.41) is 0. The Morgan fingerprint density at radius 3 is 2.53 bits per heavy atom. The van der Waals surface area contributed by atoms with E-state index in [1.165, 1.54) is 0 Å². The van der Waals surface area contributed by atoms with Crippen LogP contribution in [0.1, 0.15) is 33.6 Å². The Hall–Kier alpha value is -0.440. The minimum absolute atomic E-state index is 0.0598. The lowest BCUT2D eigenvalue weighted by molar-refractivity contribution is 0.124. The topological polar surface area (TPSA) is 9.23 Å². The summed E-state index contributed by atoms with van der Waals surface area (Å²) >= 11 is 0. The van der Waals surface area contributed by atoms with E-state index in [-0.39, 0.29) is 11.3 Å². The maximum Gasteiger partial charge on any atom is 0.266 e. The first kappa shape index (κ1) is 12.6. The lowest BCUT2D eigenvalue weighted by Gasteiger charge is -2.34. The van der Waals surface area contributed by atoms with Gasteiger partial charge in [-0.3, -0.25) is 0 Å². The molecule has 1 aliphatic heterocycles. The number of allylic oxidation sites excluding steroid dienone is 1. The van der Waals surface area contributed by atoms with Gasteiger partial charge in [0.25, 0.3) is 6.08 Å². The van der Waals surface area contributed by atoms with Gasteiger partial charge in [0, 0.05) is 13.2 Å². The second-order valence-corrected chi connectivity index (χ2v) is 5.33. The van der Waals surface area contributed by atoms with Crippen LogP contribution in [0.4, 0.5) is 8.78 Å². The molecule has 3 heteroatoms. The van der Waals surface area contributed by atoms with E-state index in [9.17, 15) is 8.78 Å². The lowest BCUT2D eigenvalue weighted by atomic mass is 9.71. The number of ether oxygens (including phenoxy) is 1. The molecule has 0 aromatic rings. The molecule has 2 atom stereocenters. The molecule has 0 amide bonds. The van der Waals surface area contributed by atoms with Gasteiger partial charge in [0.2, 0.25) is 0 Å². The van der Waals surface area contributed by atoms with Gasteiger partial charge in [-0.05, 0) is 36.2 Å². The fraction of sp³-hybridized carbons (Fsp3) is 0.833. The van der Waals surface area contributed by atoms with Crippen LogP contribution >= 0.6 is 0 Å². The molecular weight excluding hydrogens is 198 g/mol. The molecule has 88 valence electrons. The monoisotopic (exact) mass is 218 g/mol. The molecule has 0 spiro atoms. The van der Waals surface area contributed by atoms with Crippen molar-refractivity contribution in [1.29, 1.82) is 0 Å². The van der Waals surface area contributed by atoms with E-state index in [1.54, 1.807) is 0 Å². The van der Waals surface area contributed by atoms with Crippen molar-refractivity contribution in [3.8, 4) is 0 Å². The summed E-state index contributed by atoms with van der Waals surface area (Å²) in [5.41, 5.74) is 0.0598. The Morgan fingerprint density at radius 1 is 1.47 bits per heavy atom. The largest absolute Gasteiger partial charge is 0.381 e. The highest BCUT2D eigenvalue weighted by atomic mass is 19.3. The van der Waals surface area contributed by atoms with Crippen LogP contribution in [0.2, 0.25) is 0 Å². The zero-order chi connectivity index (χ0) is 11.5. The Morgan fingerprint density at radius 2 is 2.13 bits per heavy atom. The van der Waals surface area contributed by atoms with Crippen molar-refractivity contribution in [3.05, 3.63) is 12.2 Å². The van der Waals surface area contributed by atoms with Crippen molar-refractivity contribution < 1.29 is 13.5 Å². The summed E-state index contributed by atoms with van der Waals surface area (Å²) in [4.78, 5) is 0.